The molecule has 0 fully saturated rings. The summed E-state index contributed by atoms with van der Waals surface area (Å²) in [5, 5.41) is 0. The fourth-order valence-corrected chi connectivity index (χ4v) is 3.09. The third-order valence-electron chi connectivity index (χ3n) is 3.35. The molecule has 0 saturated carbocycles. The summed E-state index contributed by atoms with van der Waals surface area (Å²) in [5.41, 5.74) is 5.49. The van der Waals surface area contributed by atoms with Crippen molar-refractivity contribution < 1.29 is 14.3 Å². The minimum absolute atomic E-state index is 0.215. The van der Waals surface area contributed by atoms with E-state index in [9.17, 15) is 4.79 Å². The Bertz CT molecular complexity index is 821. The van der Waals surface area contributed by atoms with E-state index in [4.69, 9.17) is 9.47 Å². The molecule has 0 radical (unpaired) electrons. The molecule has 0 unspecified atom stereocenters. The van der Waals surface area contributed by atoms with Crippen LogP contribution in [0.5, 0.6) is 5.75 Å². The normalized spacial score (nSPS) is 10.7. The van der Waals surface area contributed by atoms with E-state index in [0.29, 0.717) is 12.2 Å². The first kappa shape index (κ1) is 15.5. The quantitative estimate of drug-likeness (QED) is 0.522. The summed E-state index contributed by atoms with van der Waals surface area (Å²) in [6.07, 6.45) is 0. The molecule has 2 aromatic carbocycles. The predicted octanol–water partition coefficient (Wildman–Crippen LogP) is 4.15. The van der Waals surface area contributed by atoms with Gasteiger partial charge in [0, 0.05) is 0 Å². The lowest BCUT2D eigenvalue weighted by atomic mass is 10.1. The number of rotatable bonds is 5. The van der Waals surface area contributed by atoms with E-state index in [1.54, 1.807) is 17.6 Å². The summed E-state index contributed by atoms with van der Waals surface area (Å²) >= 11 is 1.50. The Morgan fingerprint density at radius 1 is 1.09 bits per heavy atom. The van der Waals surface area contributed by atoms with Crippen LogP contribution in [0.1, 0.15) is 21.5 Å². The van der Waals surface area contributed by atoms with E-state index in [0.717, 1.165) is 27.1 Å². The van der Waals surface area contributed by atoms with E-state index in [1.165, 1.54) is 11.3 Å². The van der Waals surface area contributed by atoms with Gasteiger partial charge in [-0.1, -0.05) is 6.07 Å². The lowest BCUT2D eigenvalue weighted by Crippen LogP contribution is -2.12. The van der Waals surface area contributed by atoms with Gasteiger partial charge >= 0.3 is 5.97 Å². The molecule has 0 atom stereocenters. The molecule has 118 valence electrons. The maximum Gasteiger partial charge on any atom is 0.338 e. The number of carbonyl (C=O) groups is 1. The van der Waals surface area contributed by atoms with Crippen LogP contribution in [0.4, 0.5) is 0 Å². The first-order valence-electron chi connectivity index (χ1n) is 7.33. The average Bonchev–Trinajstić information content (AvgIpc) is 2.98. The minimum Gasteiger partial charge on any atom is -0.490 e. The highest BCUT2D eigenvalue weighted by Gasteiger charge is 2.09. The van der Waals surface area contributed by atoms with E-state index in [2.05, 4.69) is 11.1 Å². The molecule has 0 aliphatic heterocycles. The van der Waals surface area contributed by atoms with Gasteiger partial charge in [-0.3, -0.25) is 0 Å². The van der Waals surface area contributed by atoms with Crippen molar-refractivity contribution in [2.24, 2.45) is 0 Å². The number of fused-ring (bicyclic) bond motifs is 1. The lowest BCUT2D eigenvalue weighted by molar-refractivity contribution is 0.0450. The Labute approximate surface area is 138 Å². The summed E-state index contributed by atoms with van der Waals surface area (Å²) in [5.74, 6) is 0.453. The standard InChI is InChI=1S/C18H17NO3S/c1-12-7-13(2)9-15(8-12)21-5-6-22-18(20)14-3-4-16-17(10-14)23-11-19-16/h3-4,7-11H,5-6H2,1-2H3. The molecule has 3 aromatic rings. The highest BCUT2D eigenvalue weighted by atomic mass is 32.1. The van der Waals surface area contributed by atoms with E-state index < -0.39 is 0 Å². The van der Waals surface area contributed by atoms with Gasteiger partial charge in [-0.15, -0.1) is 11.3 Å². The summed E-state index contributed by atoms with van der Waals surface area (Å²) in [6, 6.07) is 11.4. The molecule has 1 heterocycles. The Balaban J connectivity index is 1.52. The summed E-state index contributed by atoms with van der Waals surface area (Å²) in [4.78, 5) is 16.2. The monoisotopic (exact) mass is 327 g/mol. The molecule has 0 aliphatic carbocycles. The SMILES string of the molecule is Cc1cc(C)cc(OCCOC(=O)c2ccc3ncsc3c2)c1. The molecule has 0 N–H and O–H groups in total. The van der Waals surface area contributed by atoms with Gasteiger partial charge in [-0.05, 0) is 55.3 Å². The zero-order valence-corrected chi connectivity index (χ0v) is 13.9. The molecule has 23 heavy (non-hydrogen) atoms. The van der Waals surface area contributed by atoms with Crippen LogP contribution in [0.25, 0.3) is 10.2 Å². The largest absolute Gasteiger partial charge is 0.490 e. The number of thiazole rings is 1. The van der Waals surface area contributed by atoms with Crippen molar-refractivity contribution in [2.75, 3.05) is 13.2 Å². The molecule has 5 heteroatoms. The molecule has 3 rings (SSSR count). The van der Waals surface area contributed by atoms with Gasteiger partial charge in [0.25, 0.3) is 0 Å². The first-order valence-corrected chi connectivity index (χ1v) is 8.21. The summed E-state index contributed by atoms with van der Waals surface area (Å²) < 4.78 is 11.9. The smallest absolute Gasteiger partial charge is 0.338 e. The van der Waals surface area contributed by atoms with E-state index >= 15 is 0 Å². The number of carbonyl (C=O) groups excluding carboxylic acids is 1. The summed E-state index contributed by atoms with van der Waals surface area (Å²) in [6.45, 7) is 4.59. The fourth-order valence-electron chi connectivity index (χ4n) is 2.38. The highest BCUT2D eigenvalue weighted by Crippen LogP contribution is 2.19. The Hall–Kier alpha value is -2.40. The number of hydrogen-bond acceptors (Lipinski definition) is 5. The maximum atomic E-state index is 12.0. The number of ether oxygens (including phenoxy) is 2. The van der Waals surface area contributed by atoms with Gasteiger partial charge in [0.2, 0.25) is 0 Å². The molecule has 0 amide bonds. The van der Waals surface area contributed by atoms with Crippen molar-refractivity contribution in [3.8, 4) is 5.75 Å². The predicted molar refractivity (Wildman–Crippen MR) is 91.3 cm³/mol. The second-order valence-corrected chi connectivity index (χ2v) is 6.23. The number of esters is 1. The van der Waals surface area contributed by atoms with Gasteiger partial charge in [0.05, 0.1) is 21.3 Å². The van der Waals surface area contributed by atoms with Gasteiger partial charge in [-0.2, -0.15) is 0 Å². The van der Waals surface area contributed by atoms with E-state index in [1.807, 2.05) is 32.0 Å². The minimum atomic E-state index is -0.343. The van der Waals surface area contributed by atoms with Crippen molar-refractivity contribution in [3.05, 3.63) is 58.6 Å². The van der Waals surface area contributed by atoms with Gasteiger partial charge in [0.15, 0.2) is 0 Å². The Morgan fingerprint density at radius 3 is 2.65 bits per heavy atom. The second-order valence-electron chi connectivity index (χ2n) is 5.34. The lowest BCUT2D eigenvalue weighted by Gasteiger charge is -2.09. The number of nitrogens with zero attached hydrogens (tertiary/aromatic N) is 1. The molecule has 0 bridgehead atoms. The zero-order valence-electron chi connectivity index (χ0n) is 13.0. The Kier molecular flexibility index (Phi) is 4.57. The van der Waals surface area contributed by atoms with Crippen LogP contribution in [0, 0.1) is 13.8 Å². The van der Waals surface area contributed by atoms with Crippen molar-refractivity contribution >= 4 is 27.5 Å². The topological polar surface area (TPSA) is 48.4 Å². The molecule has 0 aliphatic rings. The number of aryl methyl sites for hydroxylation is 2. The van der Waals surface area contributed by atoms with Crippen LogP contribution in [-0.2, 0) is 4.74 Å². The third-order valence-corrected chi connectivity index (χ3v) is 4.14. The van der Waals surface area contributed by atoms with Crippen LogP contribution in [0.2, 0.25) is 0 Å². The zero-order chi connectivity index (χ0) is 16.2. The third kappa shape index (κ3) is 3.87. The average molecular weight is 327 g/mol. The molecular weight excluding hydrogens is 310 g/mol. The molecule has 0 saturated heterocycles. The number of benzene rings is 2. The van der Waals surface area contributed by atoms with Crippen molar-refractivity contribution in [1.82, 2.24) is 4.98 Å². The summed E-state index contributed by atoms with van der Waals surface area (Å²) in [7, 11) is 0. The van der Waals surface area contributed by atoms with Crippen molar-refractivity contribution in [2.45, 2.75) is 13.8 Å². The number of aromatic nitrogens is 1. The molecule has 4 nitrogen and oxygen atoms in total. The molecule has 1 aromatic heterocycles. The van der Waals surface area contributed by atoms with E-state index in [-0.39, 0.29) is 12.6 Å². The van der Waals surface area contributed by atoms with Gasteiger partial charge in [0.1, 0.15) is 19.0 Å². The van der Waals surface area contributed by atoms with Crippen LogP contribution in [-0.4, -0.2) is 24.2 Å². The first-order chi connectivity index (χ1) is 11.1. The Morgan fingerprint density at radius 2 is 1.87 bits per heavy atom. The maximum absolute atomic E-state index is 12.0. The van der Waals surface area contributed by atoms with Crippen molar-refractivity contribution in [3.63, 3.8) is 0 Å². The van der Waals surface area contributed by atoms with Crippen LogP contribution < -0.4 is 4.74 Å². The number of hydrogen-bond donors (Lipinski definition) is 0. The fraction of sp³-hybridized carbons (Fsp3) is 0.222. The molecule has 0 spiro atoms. The van der Waals surface area contributed by atoms with Crippen LogP contribution in [0.3, 0.4) is 0 Å². The van der Waals surface area contributed by atoms with Crippen LogP contribution in [0.15, 0.2) is 41.9 Å². The highest BCUT2D eigenvalue weighted by molar-refractivity contribution is 7.16. The molecular formula is C18H17NO3S. The van der Waals surface area contributed by atoms with Gasteiger partial charge < -0.3 is 9.47 Å². The van der Waals surface area contributed by atoms with Crippen molar-refractivity contribution in [1.29, 1.82) is 0 Å². The van der Waals surface area contributed by atoms with Crippen LogP contribution >= 0.6 is 11.3 Å². The second kappa shape index (κ2) is 6.79. The van der Waals surface area contributed by atoms with Gasteiger partial charge in [-0.25, -0.2) is 9.78 Å².